The molecule has 0 saturated carbocycles. The smallest absolute Gasteiger partial charge is 0.252 e. The molecule has 0 aliphatic carbocycles. The minimum atomic E-state index is -0.0641. The molecule has 2 N–H and O–H groups in total. The monoisotopic (exact) mass is 288 g/mol. The number of hydrogen-bond acceptors (Lipinski definition) is 5. The molecule has 1 aromatic carbocycles. The SMILES string of the molecule is CSc1ccccc1C(=O)NCCNc1ncccn1. The highest BCUT2D eigenvalue weighted by atomic mass is 32.2. The largest absolute Gasteiger partial charge is 0.352 e. The van der Waals surface area contributed by atoms with Crippen LogP contribution in [0.2, 0.25) is 0 Å². The van der Waals surface area contributed by atoms with Gasteiger partial charge >= 0.3 is 0 Å². The Kier molecular flexibility index (Phi) is 5.37. The molecule has 1 heterocycles. The number of carbonyl (C=O) groups excluding carboxylic acids is 1. The van der Waals surface area contributed by atoms with Gasteiger partial charge in [0.25, 0.3) is 5.91 Å². The number of amides is 1. The Bertz CT molecular complexity index is 562. The van der Waals surface area contributed by atoms with Crippen molar-refractivity contribution in [3.05, 3.63) is 48.3 Å². The predicted molar refractivity (Wildman–Crippen MR) is 81.1 cm³/mol. The number of hydrogen-bond donors (Lipinski definition) is 2. The second kappa shape index (κ2) is 7.49. The molecule has 1 amide bonds. The molecule has 0 radical (unpaired) electrons. The molecule has 6 heteroatoms. The minimum Gasteiger partial charge on any atom is -0.352 e. The van der Waals surface area contributed by atoms with Gasteiger partial charge < -0.3 is 10.6 Å². The Morgan fingerprint density at radius 1 is 1.15 bits per heavy atom. The molecular formula is C14H16N4OS. The van der Waals surface area contributed by atoms with Crippen molar-refractivity contribution in [3.8, 4) is 0 Å². The van der Waals surface area contributed by atoms with Gasteiger partial charge in [-0.1, -0.05) is 12.1 Å². The van der Waals surface area contributed by atoms with Crippen LogP contribution in [0.4, 0.5) is 5.95 Å². The fourth-order valence-electron chi connectivity index (χ4n) is 1.67. The van der Waals surface area contributed by atoms with Crippen LogP contribution in [0.1, 0.15) is 10.4 Å². The van der Waals surface area contributed by atoms with Crippen molar-refractivity contribution in [1.82, 2.24) is 15.3 Å². The molecule has 104 valence electrons. The van der Waals surface area contributed by atoms with E-state index in [1.807, 2.05) is 30.5 Å². The zero-order valence-electron chi connectivity index (χ0n) is 11.2. The average molecular weight is 288 g/mol. The lowest BCUT2D eigenvalue weighted by atomic mass is 10.2. The second-order valence-electron chi connectivity index (χ2n) is 3.96. The second-order valence-corrected chi connectivity index (χ2v) is 4.80. The highest BCUT2D eigenvalue weighted by Crippen LogP contribution is 2.19. The van der Waals surface area contributed by atoms with Gasteiger partial charge in [-0.15, -0.1) is 11.8 Å². The van der Waals surface area contributed by atoms with E-state index in [4.69, 9.17) is 0 Å². The third kappa shape index (κ3) is 3.96. The molecule has 0 aliphatic heterocycles. The summed E-state index contributed by atoms with van der Waals surface area (Å²) in [5.41, 5.74) is 0.705. The van der Waals surface area contributed by atoms with Crippen LogP contribution >= 0.6 is 11.8 Å². The number of nitrogens with zero attached hydrogens (tertiary/aromatic N) is 2. The van der Waals surface area contributed by atoms with Crippen LogP contribution < -0.4 is 10.6 Å². The number of anilines is 1. The summed E-state index contributed by atoms with van der Waals surface area (Å²) in [6, 6.07) is 9.32. The summed E-state index contributed by atoms with van der Waals surface area (Å²) in [5, 5.41) is 5.91. The number of rotatable bonds is 6. The van der Waals surface area contributed by atoms with Gasteiger partial charge in [0.15, 0.2) is 0 Å². The molecule has 0 bridgehead atoms. The van der Waals surface area contributed by atoms with E-state index < -0.39 is 0 Å². The predicted octanol–water partition coefficient (Wildman–Crippen LogP) is 2.04. The Balaban J connectivity index is 1.81. The van der Waals surface area contributed by atoms with Crippen LogP contribution in [0.25, 0.3) is 0 Å². The van der Waals surface area contributed by atoms with Crippen molar-refractivity contribution in [2.75, 3.05) is 24.7 Å². The molecule has 5 nitrogen and oxygen atoms in total. The van der Waals surface area contributed by atoms with Crippen molar-refractivity contribution in [1.29, 1.82) is 0 Å². The van der Waals surface area contributed by atoms with Crippen molar-refractivity contribution in [2.24, 2.45) is 0 Å². The maximum atomic E-state index is 12.1. The third-order valence-corrected chi connectivity index (χ3v) is 3.41. The Labute approximate surface area is 122 Å². The molecule has 0 spiro atoms. The first kappa shape index (κ1) is 14.3. The summed E-state index contributed by atoms with van der Waals surface area (Å²) >= 11 is 1.56. The summed E-state index contributed by atoms with van der Waals surface area (Å²) in [6.45, 7) is 1.09. The summed E-state index contributed by atoms with van der Waals surface area (Å²) < 4.78 is 0. The van der Waals surface area contributed by atoms with E-state index in [1.165, 1.54) is 0 Å². The molecule has 0 fully saturated rings. The normalized spacial score (nSPS) is 10.1. The maximum Gasteiger partial charge on any atom is 0.252 e. The van der Waals surface area contributed by atoms with E-state index in [0.29, 0.717) is 24.6 Å². The van der Waals surface area contributed by atoms with Gasteiger partial charge in [-0.3, -0.25) is 4.79 Å². The molecule has 0 aliphatic rings. The molecule has 0 atom stereocenters. The Morgan fingerprint density at radius 3 is 2.65 bits per heavy atom. The van der Waals surface area contributed by atoms with Crippen molar-refractivity contribution in [2.45, 2.75) is 4.90 Å². The van der Waals surface area contributed by atoms with Gasteiger partial charge in [0.05, 0.1) is 5.56 Å². The van der Waals surface area contributed by atoms with Crippen molar-refractivity contribution in [3.63, 3.8) is 0 Å². The minimum absolute atomic E-state index is 0.0641. The zero-order chi connectivity index (χ0) is 14.2. The number of benzene rings is 1. The molecule has 0 saturated heterocycles. The van der Waals surface area contributed by atoms with Crippen LogP contribution in [-0.4, -0.2) is 35.2 Å². The lowest BCUT2D eigenvalue weighted by Gasteiger charge is -2.09. The Hall–Kier alpha value is -2.08. The molecule has 0 unspecified atom stereocenters. The van der Waals surface area contributed by atoms with Gasteiger partial charge in [0.2, 0.25) is 5.95 Å². The third-order valence-electron chi connectivity index (χ3n) is 2.61. The summed E-state index contributed by atoms with van der Waals surface area (Å²) in [7, 11) is 0. The highest BCUT2D eigenvalue weighted by Gasteiger charge is 2.09. The van der Waals surface area contributed by atoms with Crippen molar-refractivity contribution < 1.29 is 4.79 Å². The summed E-state index contributed by atoms with van der Waals surface area (Å²) in [6.07, 6.45) is 5.30. The first-order chi connectivity index (χ1) is 9.81. The van der Waals surface area contributed by atoms with Crippen LogP contribution in [-0.2, 0) is 0 Å². The van der Waals surface area contributed by atoms with Gasteiger partial charge in [0.1, 0.15) is 0 Å². The molecule has 2 aromatic rings. The summed E-state index contributed by atoms with van der Waals surface area (Å²) in [4.78, 5) is 21.1. The van der Waals surface area contributed by atoms with Crippen LogP contribution in [0.3, 0.4) is 0 Å². The van der Waals surface area contributed by atoms with Gasteiger partial charge in [-0.2, -0.15) is 0 Å². The molecular weight excluding hydrogens is 272 g/mol. The molecule has 20 heavy (non-hydrogen) atoms. The Morgan fingerprint density at radius 2 is 1.90 bits per heavy atom. The summed E-state index contributed by atoms with van der Waals surface area (Å²) in [5.74, 6) is 0.497. The maximum absolute atomic E-state index is 12.1. The molecule has 1 aromatic heterocycles. The van der Waals surface area contributed by atoms with E-state index in [2.05, 4.69) is 20.6 Å². The van der Waals surface area contributed by atoms with Gasteiger partial charge in [0, 0.05) is 30.4 Å². The fourth-order valence-corrected chi connectivity index (χ4v) is 2.26. The van der Waals surface area contributed by atoms with E-state index in [9.17, 15) is 4.79 Å². The van der Waals surface area contributed by atoms with Gasteiger partial charge in [-0.25, -0.2) is 9.97 Å². The highest BCUT2D eigenvalue weighted by molar-refractivity contribution is 7.98. The van der Waals surface area contributed by atoms with Crippen LogP contribution in [0, 0.1) is 0 Å². The fraction of sp³-hybridized carbons (Fsp3) is 0.214. The lowest BCUT2D eigenvalue weighted by Crippen LogP contribution is -2.29. The quantitative estimate of drug-likeness (QED) is 0.629. The average Bonchev–Trinajstić information content (AvgIpc) is 2.52. The lowest BCUT2D eigenvalue weighted by molar-refractivity contribution is 0.0952. The van der Waals surface area contributed by atoms with E-state index in [1.54, 1.807) is 30.2 Å². The van der Waals surface area contributed by atoms with Crippen molar-refractivity contribution >= 4 is 23.6 Å². The number of aromatic nitrogens is 2. The zero-order valence-corrected chi connectivity index (χ0v) is 12.0. The van der Waals surface area contributed by atoms with Crippen LogP contribution in [0.5, 0.6) is 0 Å². The van der Waals surface area contributed by atoms with E-state index >= 15 is 0 Å². The molecule has 2 rings (SSSR count). The first-order valence-electron chi connectivity index (χ1n) is 6.23. The first-order valence-corrected chi connectivity index (χ1v) is 7.46. The standard InChI is InChI=1S/C14H16N4OS/c1-20-12-6-3-2-5-11(12)13(19)15-9-10-18-14-16-7-4-8-17-14/h2-8H,9-10H2,1H3,(H,15,19)(H,16,17,18). The topological polar surface area (TPSA) is 66.9 Å². The van der Waals surface area contributed by atoms with E-state index in [-0.39, 0.29) is 5.91 Å². The van der Waals surface area contributed by atoms with E-state index in [0.717, 1.165) is 4.90 Å². The van der Waals surface area contributed by atoms with Crippen LogP contribution in [0.15, 0.2) is 47.6 Å². The number of carbonyl (C=O) groups is 1. The number of nitrogens with one attached hydrogen (secondary N) is 2. The number of thioether (sulfide) groups is 1. The van der Waals surface area contributed by atoms with Gasteiger partial charge in [-0.05, 0) is 24.5 Å².